The highest BCUT2D eigenvalue weighted by atomic mass is 16.5. The van der Waals surface area contributed by atoms with E-state index in [1.165, 1.54) is 0 Å². The lowest BCUT2D eigenvalue weighted by molar-refractivity contribution is -0.139. The SMILES string of the molecule is C[C@@H](C(=O)NC1CC1)N1CC[C@]2(CCC1=O)NC(=O)c1ccccc1O2. The molecule has 2 fully saturated rings. The van der Waals surface area contributed by atoms with Gasteiger partial charge in [0, 0.05) is 31.8 Å². The molecule has 2 heterocycles. The van der Waals surface area contributed by atoms with Crippen molar-refractivity contribution >= 4 is 17.7 Å². The Balaban J connectivity index is 1.49. The summed E-state index contributed by atoms with van der Waals surface area (Å²) in [6, 6.07) is 6.84. The summed E-state index contributed by atoms with van der Waals surface area (Å²) in [6.45, 7) is 2.11. The van der Waals surface area contributed by atoms with Gasteiger partial charge in [-0.15, -0.1) is 0 Å². The summed E-state index contributed by atoms with van der Waals surface area (Å²) in [5.74, 6) is 0.150. The van der Waals surface area contributed by atoms with E-state index in [0.29, 0.717) is 30.7 Å². The zero-order chi connectivity index (χ0) is 18.3. The number of ether oxygens (including phenoxy) is 1. The predicted octanol–water partition coefficient (Wildman–Crippen LogP) is 1.18. The molecular weight excluding hydrogens is 334 g/mol. The van der Waals surface area contributed by atoms with Gasteiger partial charge in [0.1, 0.15) is 11.8 Å². The van der Waals surface area contributed by atoms with Crippen molar-refractivity contribution in [2.24, 2.45) is 0 Å². The lowest BCUT2D eigenvalue weighted by Gasteiger charge is -2.38. The molecule has 3 aliphatic rings. The number of benzene rings is 1. The van der Waals surface area contributed by atoms with E-state index in [-0.39, 0.29) is 30.2 Å². The second kappa shape index (κ2) is 6.30. The number of likely N-dealkylation sites (tertiary alicyclic amines) is 1. The summed E-state index contributed by atoms with van der Waals surface area (Å²) in [5, 5.41) is 5.89. The van der Waals surface area contributed by atoms with Crippen LogP contribution in [0.2, 0.25) is 0 Å². The molecule has 26 heavy (non-hydrogen) atoms. The van der Waals surface area contributed by atoms with E-state index < -0.39 is 11.8 Å². The number of fused-ring (bicyclic) bond motifs is 1. The van der Waals surface area contributed by atoms with Crippen molar-refractivity contribution in [2.75, 3.05) is 6.54 Å². The maximum atomic E-state index is 12.6. The molecule has 1 aromatic carbocycles. The summed E-state index contributed by atoms with van der Waals surface area (Å²) >= 11 is 0. The molecule has 1 aliphatic carbocycles. The van der Waals surface area contributed by atoms with E-state index in [1.807, 2.05) is 6.07 Å². The van der Waals surface area contributed by atoms with E-state index >= 15 is 0 Å². The normalized spacial score (nSPS) is 26.4. The second-order valence-corrected chi connectivity index (χ2v) is 7.34. The third-order valence-corrected chi connectivity index (χ3v) is 5.37. The molecule has 2 N–H and O–H groups in total. The summed E-state index contributed by atoms with van der Waals surface area (Å²) in [6.07, 6.45) is 3.08. The fourth-order valence-electron chi connectivity index (χ4n) is 3.58. The van der Waals surface area contributed by atoms with Crippen molar-refractivity contribution in [3.05, 3.63) is 29.8 Å². The smallest absolute Gasteiger partial charge is 0.258 e. The van der Waals surface area contributed by atoms with Crippen LogP contribution in [0.4, 0.5) is 0 Å². The van der Waals surface area contributed by atoms with Crippen LogP contribution in [-0.2, 0) is 9.59 Å². The highest BCUT2D eigenvalue weighted by molar-refractivity contribution is 5.98. The Kier molecular flexibility index (Phi) is 4.09. The number of nitrogens with one attached hydrogen (secondary N) is 2. The van der Waals surface area contributed by atoms with Crippen molar-refractivity contribution in [2.45, 2.75) is 56.8 Å². The zero-order valence-electron chi connectivity index (χ0n) is 14.8. The van der Waals surface area contributed by atoms with Crippen molar-refractivity contribution in [1.82, 2.24) is 15.5 Å². The molecule has 7 nitrogen and oxygen atoms in total. The lowest BCUT2D eigenvalue weighted by Crippen LogP contribution is -2.56. The Labute approximate surface area is 152 Å². The van der Waals surface area contributed by atoms with Gasteiger partial charge in [0.25, 0.3) is 5.91 Å². The Hall–Kier alpha value is -2.57. The molecule has 0 bridgehead atoms. The molecule has 1 saturated carbocycles. The minimum Gasteiger partial charge on any atom is -0.467 e. The first-order valence-electron chi connectivity index (χ1n) is 9.18. The van der Waals surface area contributed by atoms with Crippen molar-refractivity contribution in [3.8, 4) is 5.75 Å². The third-order valence-electron chi connectivity index (χ3n) is 5.37. The van der Waals surface area contributed by atoms with Crippen molar-refractivity contribution in [3.63, 3.8) is 0 Å². The van der Waals surface area contributed by atoms with Gasteiger partial charge in [0.2, 0.25) is 11.8 Å². The molecule has 0 aromatic heterocycles. The van der Waals surface area contributed by atoms with Crippen LogP contribution in [0.3, 0.4) is 0 Å². The molecule has 4 rings (SSSR count). The van der Waals surface area contributed by atoms with Crippen LogP contribution in [0.25, 0.3) is 0 Å². The first kappa shape index (κ1) is 16.9. The fourth-order valence-corrected chi connectivity index (χ4v) is 3.58. The maximum absolute atomic E-state index is 12.6. The first-order valence-corrected chi connectivity index (χ1v) is 9.18. The van der Waals surface area contributed by atoms with Gasteiger partial charge >= 0.3 is 0 Å². The van der Waals surface area contributed by atoms with E-state index in [4.69, 9.17) is 4.74 Å². The summed E-state index contributed by atoms with van der Waals surface area (Å²) in [7, 11) is 0. The Morgan fingerprint density at radius 1 is 1.31 bits per heavy atom. The van der Waals surface area contributed by atoms with Gasteiger partial charge in [0.05, 0.1) is 5.56 Å². The molecule has 7 heteroatoms. The molecule has 1 saturated heterocycles. The molecule has 1 spiro atoms. The molecule has 1 aromatic rings. The largest absolute Gasteiger partial charge is 0.467 e. The van der Waals surface area contributed by atoms with Gasteiger partial charge in [-0.2, -0.15) is 0 Å². The monoisotopic (exact) mass is 357 g/mol. The van der Waals surface area contributed by atoms with E-state index in [1.54, 1.807) is 30.0 Å². The number of hydrogen-bond donors (Lipinski definition) is 2. The average Bonchev–Trinajstić information content (AvgIpc) is 3.44. The highest BCUT2D eigenvalue weighted by Gasteiger charge is 2.44. The van der Waals surface area contributed by atoms with Gasteiger partial charge in [-0.3, -0.25) is 14.4 Å². The van der Waals surface area contributed by atoms with Gasteiger partial charge in [-0.05, 0) is 31.9 Å². The predicted molar refractivity (Wildman–Crippen MR) is 93.5 cm³/mol. The number of para-hydroxylation sites is 1. The third kappa shape index (κ3) is 3.13. The van der Waals surface area contributed by atoms with Crippen LogP contribution in [0.5, 0.6) is 5.75 Å². The maximum Gasteiger partial charge on any atom is 0.258 e. The Morgan fingerprint density at radius 2 is 2.08 bits per heavy atom. The topological polar surface area (TPSA) is 87.7 Å². The molecule has 3 amide bonds. The molecule has 2 atom stereocenters. The average molecular weight is 357 g/mol. The van der Waals surface area contributed by atoms with E-state index in [9.17, 15) is 14.4 Å². The minimum absolute atomic E-state index is 0.0861. The van der Waals surface area contributed by atoms with Crippen LogP contribution in [0.1, 0.15) is 49.4 Å². The summed E-state index contributed by atoms with van der Waals surface area (Å²) < 4.78 is 6.11. The quantitative estimate of drug-likeness (QED) is 0.850. The summed E-state index contributed by atoms with van der Waals surface area (Å²) in [4.78, 5) is 39.0. The fraction of sp³-hybridized carbons (Fsp3) is 0.526. The minimum atomic E-state index is -0.900. The van der Waals surface area contributed by atoms with Gasteiger partial charge in [0.15, 0.2) is 5.72 Å². The van der Waals surface area contributed by atoms with Gasteiger partial charge < -0.3 is 20.3 Å². The molecular formula is C19H23N3O4. The molecule has 0 unspecified atom stereocenters. The number of hydrogen-bond acceptors (Lipinski definition) is 4. The van der Waals surface area contributed by atoms with Gasteiger partial charge in [-0.1, -0.05) is 12.1 Å². The second-order valence-electron chi connectivity index (χ2n) is 7.34. The number of carbonyl (C=O) groups excluding carboxylic acids is 3. The number of rotatable bonds is 3. The zero-order valence-corrected chi connectivity index (χ0v) is 14.8. The first-order chi connectivity index (χ1) is 12.5. The summed E-state index contributed by atoms with van der Waals surface area (Å²) in [5.41, 5.74) is -0.398. The van der Waals surface area contributed by atoms with Crippen LogP contribution < -0.4 is 15.4 Å². The van der Waals surface area contributed by atoms with Crippen molar-refractivity contribution in [1.29, 1.82) is 0 Å². The van der Waals surface area contributed by atoms with Crippen LogP contribution in [-0.4, -0.2) is 47.0 Å². The van der Waals surface area contributed by atoms with Crippen LogP contribution in [0.15, 0.2) is 24.3 Å². The Bertz CT molecular complexity index is 761. The van der Waals surface area contributed by atoms with Crippen LogP contribution in [0, 0.1) is 0 Å². The molecule has 2 aliphatic heterocycles. The standard InChI is InChI=1S/C19H23N3O4/c1-12(17(24)20-13-6-7-13)22-11-10-19(9-8-16(22)23)21-18(25)14-4-2-3-5-15(14)26-19/h2-5,12-13H,6-11H2,1H3,(H,20,24)(H,21,25)/t12-,19+/m0/s1. The molecule has 138 valence electrons. The number of carbonyl (C=O) groups is 3. The van der Waals surface area contributed by atoms with Crippen molar-refractivity contribution < 1.29 is 19.1 Å². The lowest BCUT2D eigenvalue weighted by atomic mass is 10.0. The number of nitrogens with zero attached hydrogens (tertiary/aromatic N) is 1. The molecule has 0 radical (unpaired) electrons. The van der Waals surface area contributed by atoms with Gasteiger partial charge in [-0.25, -0.2) is 0 Å². The van der Waals surface area contributed by atoms with Crippen LogP contribution >= 0.6 is 0 Å². The highest BCUT2D eigenvalue weighted by Crippen LogP contribution is 2.34. The number of amides is 3. The van der Waals surface area contributed by atoms with E-state index in [0.717, 1.165) is 12.8 Å². The van der Waals surface area contributed by atoms with E-state index in [2.05, 4.69) is 10.6 Å². The Morgan fingerprint density at radius 3 is 2.85 bits per heavy atom.